The van der Waals surface area contributed by atoms with Crippen LogP contribution in [0.5, 0.6) is 0 Å². The van der Waals surface area contributed by atoms with Gasteiger partial charge in [-0.1, -0.05) is 18.6 Å². The molecule has 1 saturated heterocycles. The molecule has 1 aromatic carbocycles. The molecule has 0 radical (unpaired) electrons. The van der Waals surface area contributed by atoms with Gasteiger partial charge in [-0.3, -0.25) is 10.1 Å². The molecule has 156 valence electrons. The van der Waals surface area contributed by atoms with Crippen molar-refractivity contribution in [2.75, 3.05) is 18.0 Å². The van der Waals surface area contributed by atoms with Gasteiger partial charge in [-0.15, -0.1) is 10.2 Å². The van der Waals surface area contributed by atoms with Gasteiger partial charge in [-0.25, -0.2) is 4.98 Å². The SMILES string of the molecule is Cc1cc(N2CCCC(c3nnc4n3CCCCC4)C2)c2cccc([N+](=O)[O-])c2n1. The van der Waals surface area contributed by atoms with Crippen molar-refractivity contribution in [2.45, 2.75) is 57.9 Å². The maximum Gasteiger partial charge on any atom is 0.295 e. The van der Waals surface area contributed by atoms with E-state index < -0.39 is 0 Å². The fraction of sp³-hybridized carbons (Fsp3) is 0.500. The van der Waals surface area contributed by atoms with Gasteiger partial charge in [0.1, 0.15) is 11.6 Å². The van der Waals surface area contributed by atoms with E-state index in [0.29, 0.717) is 11.4 Å². The zero-order valence-corrected chi connectivity index (χ0v) is 17.3. The number of fused-ring (bicyclic) bond motifs is 2. The van der Waals surface area contributed by atoms with Gasteiger partial charge in [-0.05, 0) is 38.7 Å². The summed E-state index contributed by atoms with van der Waals surface area (Å²) >= 11 is 0. The third kappa shape index (κ3) is 3.30. The first-order valence-electron chi connectivity index (χ1n) is 10.8. The average Bonchev–Trinajstić information content (AvgIpc) is 3.01. The fourth-order valence-electron chi connectivity index (χ4n) is 4.96. The quantitative estimate of drug-likeness (QED) is 0.479. The normalized spacial score (nSPS) is 19.5. The Kier molecular flexibility index (Phi) is 4.84. The van der Waals surface area contributed by atoms with Crippen molar-refractivity contribution in [2.24, 2.45) is 0 Å². The number of benzene rings is 1. The van der Waals surface area contributed by atoms with Gasteiger partial charge in [0, 0.05) is 54.8 Å². The molecule has 8 nitrogen and oxygen atoms in total. The minimum Gasteiger partial charge on any atom is -0.370 e. The number of non-ortho nitro benzene ring substituents is 1. The van der Waals surface area contributed by atoms with Gasteiger partial charge in [0.15, 0.2) is 5.52 Å². The van der Waals surface area contributed by atoms with E-state index in [-0.39, 0.29) is 10.6 Å². The Morgan fingerprint density at radius 3 is 2.90 bits per heavy atom. The Bertz CT molecular complexity index is 1110. The molecule has 0 spiro atoms. The van der Waals surface area contributed by atoms with Crippen LogP contribution in [0, 0.1) is 17.0 Å². The lowest BCUT2D eigenvalue weighted by Crippen LogP contribution is -2.35. The minimum absolute atomic E-state index is 0.0637. The fourth-order valence-corrected chi connectivity index (χ4v) is 4.96. The van der Waals surface area contributed by atoms with Crippen molar-refractivity contribution in [3.63, 3.8) is 0 Å². The molecule has 2 aromatic heterocycles. The van der Waals surface area contributed by atoms with Gasteiger partial charge >= 0.3 is 0 Å². The molecule has 3 aromatic rings. The number of piperidine rings is 1. The van der Waals surface area contributed by atoms with Crippen molar-refractivity contribution in [1.29, 1.82) is 0 Å². The van der Waals surface area contributed by atoms with Gasteiger partial charge in [0.2, 0.25) is 0 Å². The molecule has 2 aliphatic rings. The van der Waals surface area contributed by atoms with Crippen LogP contribution in [0.4, 0.5) is 11.4 Å². The number of rotatable bonds is 3. The van der Waals surface area contributed by atoms with Crippen LogP contribution in [0.25, 0.3) is 10.9 Å². The van der Waals surface area contributed by atoms with E-state index in [2.05, 4.69) is 30.7 Å². The summed E-state index contributed by atoms with van der Waals surface area (Å²) in [6.45, 7) is 4.69. The number of aryl methyl sites for hydroxylation is 2. The predicted octanol–water partition coefficient (Wildman–Crippen LogP) is 4.15. The largest absolute Gasteiger partial charge is 0.370 e. The molecule has 0 aliphatic carbocycles. The molecule has 1 fully saturated rings. The Hall–Kier alpha value is -3.03. The molecule has 4 heterocycles. The molecular weight excluding hydrogens is 380 g/mol. The van der Waals surface area contributed by atoms with Crippen LogP contribution in [0.2, 0.25) is 0 Å². The van der Waals surface area contributed by atoms with Crippen LogP contribution in [0.15, 0.2) is 24.3 Å². The van der Waals surface area contributed by atoms with E-state index in [1.165, 1.54) is 25.3 Å². The van der Waals surface area contributed by atoms with Gasteiger partial charge in [-0.2, -0.15) is 0 Å². The average molecular weight is 406 g/mol. The second kappa shape index (κ2) is 7.66. The molecule has 8 heteroatoms. The smallest absolute Gasteiger partial charge is 0.295 e. The van der Waals surface area contributed by atoms with E-state index in [4.69, 9.17) is 0 Å². The summed E-state index contributed by atoms with van der Waals surface area (Å²) in [5.41, 5.74) is 2.36. The topological polar surface area (TPSA) is 90.0 Å². The maximum atomic E-state index is 11.5. The van der Waals surface area contributed by atoms with Crippen LogP contribution in [0.1, 0.15) is 55.4 Å². The first kappa shape index (κ1) is 19.0. The number of para-hydroxylation sites is 1. The van der Waals surface area contributed by atoms with E-state index in [1.807, 2.05) is 13.0 Å². The second-order valence-electron chi connectivity index (χ2n) is 8.44. The molecule has 1 atom stereocenters. The summed E-state index contributed by atoms with van der Waals surface area (Å²) in [5, 5.41) is 21.5. The lowest BCUT2D eigenvalue weighted by Gasteiger charge is -2.35. The molecule has 30 heavy (non-hydrogen) atoms. The number of pyridine rings is 1. The Balaban J connectivity index is 1.52. The van der Waals surface area contributed by atoms with Crippen molar-refractivity contribution in [3.8, 4) is 0 Å². The van der Waals surface area contributed by atoms with Gasteiger partial charge in [0.05, 0.1) is 4.92 Å². The molecule has 0 N–H and O–H groups in total. The standard InChI is InChI=1S/C22H26N6O2/c1-15-13-19(17-8-5-9-18(28(29)30)21(17)23-15)26-11-6-7-16(14-26)22-25-24-20-10-3-2-4-12-27(20)22/h5,8-9,13,16H,2-4,6-7,10-12,14H2,1H3. The van der Waals surface area contributed by atoms with Crippen LogP contribution in [-0.2, 0) is 13.0 Å². The monoisotopic (exact) mass is 406 g/mol. The maximum absolute atomic E-state index is 11.5. The Labute approximate surface area is 175 Å². The van der Waals surface area contributed by atoms with Crippen molar-refractivity contribution < 1.29 is 4.92 Å². The molecule has 0 saturated carbocycles. The number of hydrogen-bond donors (Lipinski definition) is 0. The predicted molar refractivity (Wildman–Crippen MR) is 115 cm³/mol. The minimum atomic E-state index is -0.344. The van der Waals surface area contributed by atoms with Gasteiger partial charge < -0.3 is 9.47 Å². The number of aromatic nitrogens is 4. The van der Waals surface area contributed by atoms with E-state index >= 15 is 0 Å². The van der Waals surface area contributed by atoms with E-state index in [0.717, 1.165) is 67.3 Å². The molecular formula is C22H26N6O2. The van der Waals surface area contributed by atoms with Crippen LogP contribution >= 0.6 is 0 Å². The van der Waals surface area contributed by atoms with Crippen molar-refractivity contribution in [3.05, 3.63) is 51.7 Å². The number of anilines is 1. The zero-order chi connectivity index (χ0) is 20.7. The molecule has 0 bridgehead atoms. The first-order valence-corrected chi connectivity index (χ1v) is 10.8. The van der Waals surface area contributed by atoms with Crippen molar-refractivity contribution in [1.82, 2.24) is 19.7 Å². The Morgan fingerprint density at radius 1 is 1.13 bits per heavy atom. The molecule has 5 rings (SSSR count). The lowest BCUT2D eigenvalue weighted by atomic mass is 9.96. The first-order chi connectivity index (χ1) is 14.6. The number of hydrogen-bond acceptors (Lipinski definition) is 6. The summed E-state index contributed by atoms with van der Waals surface area (Å²) in [5.74, 6) is 2.55. The Morgan fingerprint density at radius 2 is 2.03 bits per heavy atom. The van der Waals surface area contributed by atoms with Crippen LogP contribution in [0.3, 0.4) is 0 Å². The molecule has 1 unspecified atom stereocenters. The summed E-state index contributed by atoms with van der Waals surface area (Å²) < 4.78 is 2.35. The van der Waals surface area contributed by atoms with E-state index in [9.17, 15) is 10.1 Å². The highest BCUT2D eigenvalue weighted by molar-refractivity contribution is 5.97. The second-order valence-corrected chi connectivity index (χ2v) is 8.44. The van der Waals surface area contributed by atoms with Crippen molar-refractivity contribution >= 4 is 22.3 Å². The number of nitro benzene ring substituents is 1. The lowest BCUT2D eigenvalue weighted by molar-refractivity contribution is -0.383. The zero-order valence-electron chi connectivity index (χ0n) is 17.3. The number of nitro groups is 1. The summed E-state index contributed by atoms with van der Waals surface area (Å²) in [6, 6.07) is 7.28. The summed E-state index contributed by atoms with van der Waals surface area (Å²) in [7, 11) is 0. The number of nitrogens with zero attached hydrogens (tertiary/aromatic N) is 6. The van der Waals surface area contributed by atoms with Gasteiger partial charge in [0.25, 0.3) is 5.69 Å². The van der Waals surface area contributed by atoms with Crippen LogP contribution < -0.4 is 4.90 Å². The summed E-state index contributed by atoms with van der Waals surface area (Å²) in [6.07, 6.45) is 6.80. The molecule has 0 amide bonds. The highest BCUT2D eigenvalue weighted by Gasteiger charge is 2.29. The molecule has 2 aliphatic heterocycles. The third-order valence-electron chi connectivity index (χ3n) is 6.39. The highest BCUT2D eigenvalue weighted by Crippen LogP contribution is 2.36. The third-order valence-corrected chi connectivity index (χ3v) is 6.39. The van der Waals surface area contributed by atoms with Crippen LogP contribution in [-0.4, -0.2) is 37.8 Å². The highest BCUT2D eigenvalue weighted by atomic mass is 16.6. The summed E-state index contributed by atoms with van der Waals surface area (Å²) in [4.78, 5) is 18.0. The van der Waals surface area contributed by atoms with E-state index in [1.54, 1.807) is 6.07 Å².